The van der Waals surface area contributed by atoms with Crippen LogP contribution in [0.4, 0.5) is 24.7 Å². The van der Waals surface area contributed by atoms with E-state index in [1.54, 1.807) is 12.1 Å². The number of halogens is 4. The molecule has 0 amide bonds. The predicted octanol–water partition coefficient (Wildman–Crippen LogP) is 6.14. The molecule has 39 heavy (non-hydrogen) atoms. The first kappa shape index (κ1) is 28.7. The Hall–Kier alpha value is -3.31. The molecule has 1 atom stereocenters. The van der Waals surface area contributed by atoms with E-state index < -0.39 is 22.8 Å². The van der Waals surface area contributed by atoms with Crippen LogP contribution >= 0.6 is 11.6 Å². The number of imidazole rings is 1. The van der Waals surface area contributed by atoms with Crippen molar-refractivity contribution >= 4 is 23.1 Å². The Kier molecular flexibility index (Phi) is 9.34. The van der Waals surface area contributed by atoms with E-state index in [4.69, 9.17) is 16.3 Å². The van der Waals surface area contributed by atoms with Crippen molar-refractivity contribution in [1.82, 2.24) is 9.55 Å². The molecule has 8 nitrogen and oxygen atoms in total. The van der Waals surface area contributed by atoms with Crippen molar-refractivity contribution in [3.63, 3.8) is 0 Å². The van der Waals surface area contributed by atoms with Crippen LogP contribution in [0.1, 0.15) is 36.8 Å². The molecule has 0 bridgehead atoms. The zero-order valence-electron chi connectivity index (χ0n) is 21.2. The Morgan fingerprint density at radius 3 is 2.38 bits per heavy atom. The van der Waals surface area contributed by atoms with Crippen LogP contribution in [0.15, 0.2) is 54.7 Å². The molecular formula is C27H30ClF3N4O4. The van der Waals surface area contributed by atoms with E-state index in [1.807, 2.05) is 24.3 Å². The lowest BCUT2D eigenvalue weighted by Gasteiger charge is -2.33. The number of piperidine rings is 1. The van der Waals surface area contributed by atoms with Crippen molar-refractivity contribution in [2.75, 3.05) is 24.6 Å². The molecule has 1 N–H and O–H groups in total. The Balaban J connectivity index is 1.16. The van der Waals surface area contributed by atoms with Crippen molar-refractivity contribution in [1.29, 1.82) is 0 Å². The molecule has 4 rings (SSSR count). The van der Waals surface area contributed by atoms with Crippen molar-refractivity contribution in [3.05, 3.63) is 81.3 Å². The number of rotatable bonds is 11. The molecule has 12 heteroatoms. The van der Waals surface area contributed by atoms with Gasteiger partial charge in [0.2, 0.25) is 0 Å². The fraction of sp³-hybridized carbons (Fsp3) is 0.444. The SMILES string of the molecule is O=[N+]([O-])c1cn(CCC(O)COc2ccc(N3CCC(CCc4ccc(C(F)(F)F)cc4)CC3)cc2)c(Cl)n1. The lowest BCUT2D eigenvalue weighted by Crippen LogP contribution is -2.33. The summed E-state index contributed by atoms with van der Waals surface area (Å²) in [4.78, 5) is 16.1. The van der Waals surface area contributed by atoms with Gasteiger partial charge < -0.3 is 24.9 Å². The van der Waals surface area contributed by atoms with Crippen LogP contribution in [0, 0.1) is 16.0 Å². The van der Waals surface area contributed by atoms with Crippen LogP contribution in [0.25, 0.3) is 0 Å². The fourth-order valence-corrected chi connectivity index (χ4v) is 4.87. The molecule has 1 aromatic heterocycles. The molecule has 0 aliphatic carbocycles. The number of aliphatic hydroxyl groups is 1. The number of nitrogens with zero attached hydrogens (tertiary/aromatic N) is 4. The first-order chi connectivity index (χ1) is 18.6. The Morgan fingerprint density at radius 1 is 1.13 bits per heavy atom. The molecule has 1 aliphatic rings. The number of hydrogen-bond acceptors (Lipinski definition) is 6. The quantitative estimate of drug-likeness (QED) is 0.221. The van der Waals surface area contributed by atoms with Gasteiger partial charge in [-0.05, 0) is 101 Å². The first-order valence-corrected chi connectivity index (χ1v) is 13.2. The molecule has 210 valence electrons. The zero-order chi connectivity index (χ0) is 28.0. The maximum absolute atomic E-state index is 12.7. The van der Waals surface area contributed by atoms with Gasteiger partial charge in [0.05, 0.1) is 11.7 Å². The van der Waals surface area contributed by atoms with Gasteiger partial charge in [-0.25, -0.2) is 0 Å². The molecule has 1 saturated heterocycles. The second-order valence-corrected chi connectivity index (χ2v) is 10.1. The van der Waals surface area contributed by atoms with Gasteiger partial charge >= 0.3 is 17.3 Å². The lowest BCUT2D eigenvalue weighted by atomic mass is 9.90. The number of alkyl halides is 3. The molecule has 0 radical (unpaired) electrons. The van der Waals surface area contributed by atoms with Gasteiger partial charge in [0.1, 0.15) is 18.6 Å². The largest absolute Gasteiger partial charge is 0.491 e. The third-order valence-corrected chi connectivity index (χ3v) is 7.29. The third kappa shape index (κ3) is 8.09. The summed E-state index contributed by atoms with van der Waals surface area (Å²) >= 11 is 5.89. The van der Waals surface area contributed by atoms with Crippen LogP contribution in [0.2, 0.25) is 5.28 Å². The highest BCUT2D eigenvalue weighted by Crippen LogP contribution is 2.31. The summed E-state index contributed by atoms with van der Waals surface area (Å²) in [7, 11) is 0. The number of aryl methyl sites for hydroxylation is 2. The maximum Gasteiger partial charge on any atom is 0.416 e. The highest BCUT2D eigenvalue weighted by Gasteiger charge is 2.30. The average Bonchev–Trinajstić information content (AvgIpc) is 3.30. The summed E-state index contributed by atoms with van der Waals surface area (Å²) in [5.41, 5.74) is 1.40. The second kappa shape index (κ2) is 12.7. The summed E-state index contributed by atoms with van der Waals surface area (Å²) in [5.74, 6) is 0.824. The smallest absolute Gasteiger partial charge is 0.416 e. The van der Waals surface area contributed by atoms with Gasteiger partial charge in [-0.3, -0.25) is 4.57 Å². The van der Waals surface area contributed by atoms with Crippen LogP contribution in [-0.4, -0.2) is 45.4 Å². The molecule has 1 aliphatic heterocycles. The topological polar surface area (TPSA) is 93.7 Å². The Labute approximate surface area is 229 Å². The third-order valence-electron chi connectivity index (χ3n) is 6.99. The summed E-state index contributed by atoms with van der Waals surface area (Å²) in [5, 5.41) is 21.0. The Bertz CT molecular complexity index is 1230. The van der Waals surface area contributed by atoms with Crippen LogP contribution < -0.4 is 9.64 Å². The van der Waals surface area contributed by atoms with Crippen molar-refractivity contribution in [2.24, 2.45) is 5.92 Å². The first-order valence-electron chi connectivity index (χ1n) is 12.8. The number of anilines is 1. The molecule has 0 spiro atoms. The lowest BCUT2D eigenvalue weighted by molar-refractivity contribution is -0.389. The van der Waals surface area contributed by atoms with Gasteiger partial charge in [-0.15, -0.1) is 0 Å². The van der Waals surface area contributed by atoms with E-state index in [2.05, 4.69) is 9.88 Å². The summed E-state index contributed by atoms with van der Waals surface area (Å²) in [6, 6.07) is 13.1. The minimum absolute atomic E-state index is 0.00593. The standard InChI is InChI=1S/C27H30ClF3N4O4/c28-26-32-25(35(37)38)17-34(26)16-13-23(36)18-39-24-9-7-22(8-10-24)33-14-11-20(12-15-33)2-1-19-3-5-21(6-4-19)27(29,30)31/h3-10,17,20,23,36H,1-2,11-16,18H2. The van der Waals surface area contributed by atoms with E-state index in [9.17, 15) is 28.4 Å². The molecule has 0 saturated carbocycles. The van der Waals surface area contributed by atoms with E-state index in [0.29, 0.717) is 18.1 Å². The van der Waals surface area contributed by atoms with E-state index in [-0.39, 0.29) is 24.3 Å². The molecule has 1 unspecified atom stereocenters. The molecule has 1 fully saturated rings. The maximum atomic E-state index is 12.7. The second-order valence-electron chi connectivity index (χ2n) is 9.73. The number of aliphatic hydroxyl groups excluding tert-OH is 1. The van der Waals surface area contributed by atoms with Crippen molar-refractivity contribution < 1.29 is 27.9 Å². The van der Waals surface area contributed by atoms with Gasteiger partial charge in [-0.2, -0.15) is 13.2 Å². The average molecular weight is 567 g/mol. The highest BCUT2D eigenvalue weighted by molar-refractivity contribution is 6.28. The van der Waals surface area contributed by atoms with Gasteiger partial charge in [0.25, 0.3) is 0 Å². The number of aromatic nitrogens is 2. The summed E-state index contributed by atoms with van der Waals surface area (Å²) < 4.78 is 45.3. The molecule has 2 heterocycles. The van der Waals surface area contributed by atoms with Gasteiger partial charge in [0, 0.05) is 25.3 Å². The normalized spacial score (nSPS) is 15.4. The highest BCUT2D eigenvalue weighted by atomic mass is 35.5. The molecule has 2 aromatic carbocycles. The van der Waals surface area contributed by atoms with Gasteiger partial charge in [0.15, 0.2) is 0 Å². The van der Waals surface area contributed by atoms with Crippen LogP contribution in [-0.2, 0) is 19.1 Å². The summed E-state index contributed by atoms with van der Waals surface area (Å²) in [6.45, 7) is 2.15. The number of hydrogen-bond donors (Lipinski definition) is 1. The number of ether oxygens (including phenoxy) is 1. The van der Waals surface area contributed by atoms with Gasteiger partial charge in [-0.1, -0.05) is 12.1 Å². The zero-order valence-corrected chi connectivity index (χ0v) is 21.9. The minimum Gasteiger partial charge on any atom is -0.491 e. The summed E-state index contributed by atoms with van der Waals surface area (Å²) in [6.07, 6.45) is 0.208. The van der Waals surface area contributed by atoms with Crippen LogP contribution in [0.3, 0.4) is 0 Å². The Morgan fingerprint density at radius 2 is 1.79 bits per heavy atom. The van der Waals surface area contributed by atoms with E-state index in [0.717, 1.165) is 62.2 Å². The molecular weight excluding hydrogens is 537 g/mol. The predicted molar refractivity (Wildman–Crippen MR) is 141 cm³/mol. The van der Waals surface area contributed by atoms with E-state index >= 15 is 0 Å². The number of benzene rings is 2. The van der Waals surface area contributed by atoms with Crippen molar-refractivity contribution in [3.8, 4) is 5.75 Å². The fourth-order valence-electron chi connectivity index (χ4n) is 4.65. The molecule has 3 aromatic rings. The van der Waals surface area contributed by atoms with E-state index in [1.165, 1.54) is 10.8 Å². The monoisotopic (exact) mass is 566 g/mol. The van der Waals surface area contributed by atoms with Crippen molar-refractivity contribution in [2.45, 2.75) is 50.9 Å². The minimum atomic E-state index is -4.30. The number of nitro groups is 1. The van der Waals surface area contributed by atoms with Crippen LogP contribution in [0.5, 0.6) is 5.75 Å².